The minimum Gasteiger partial charge on any atom is -0.443 e. The lowest BCUT2D eigenvalue weighted by Gasteiger charge is -2.32. The lowest BCUT2D eigenvalue weighted by molar-refractivity contribution is -0.131. The van der Waals surface area contributed by atoms with E-state index in [4.69, 9.17) is 4.42 Å². The van der Waals surface area contributed by atoms with Crippen LogP contribution in [0, 0.1) is 5.92 Å². The molecule has 4 nitrogen and oxygen atoms in total. The predicted molar refractivity (Wildman–Crippen MR) is 97.2 cm³/mol. The molecule has 4 heteroatoms. The van der Waals surface area contributed by atoms with E-state index in [-0.39, 0.29) is 5.91 Å². The maximum absolute atomic E-state index is 12.6. The van der Waals surface area contributed by atoms with Crippen molar-refractivity contribution in [1.29, 1.82) is 0 Å². The molecule has 3 aromatic rings. The Morgan fingerprint density at radius 2 is 1.88 bits per heavy atom. The average molecular weight is 334 g/mol. The fourth-order valence-electron chi connectivity index (χ4n) is 3.63. The lowest BCUT2D eigenvalue weighted by Crippen LogP contribution is -2.39. The van der Waals surface area contributed by atoms with E-state index in [1.165, 1.54) is 12.0 Å². The second kappa shape index (κ2) is 7.09. The number of piperidine rings is 1. The summed E-state index contributed by atoms with van der Waals surface area (Å²) in [6, 6.07) is 16.4. The van der Waals surface area contributed by atoms with Crippen LogP contribution in [-0.2, 0) is 17.6 Å². The Hall–Kier alpha value is -2.62. The van der Waals surface area contributed by atoms with Gasteiger partial charge in [0.2, 0.25) is 5.91 Å². The summed E-state index contributed by atoms with van der Waals surface area (Å²) < 4.78 is 5.32. The Morgan fingerprint density at radius 3 is 2.68 bits per heavy atom. The number of amides is 1. The van der Waals surface area contributed by atoms with Crippen LogP contribution in [0.1, 0.15) is 24.0 Å². The zero-order chi connectivity index (χ0) is 17.1. The molecule has 1 aliphatic rings. The molecular formula is C21H22N2O2. The molecule has 25 heavy (non-hydrogen) atoms. The Bertz CT molecular complexity index is 848. The van der Waals surface area contributed by atoms with Gasteiger partial charge in [-0.25, -0.2) is 4.98 Å². The van der Waals surface area contributed by atoms with Crippen LogP contribution in [-0.4, -0.2) is 28.9 Å². The normalized spacial score (nSPS) is 15.6. The van der Waals surface area contributed by atoms with E-state index in [1.54, 1.807) is 0 Å². The number of fused-ring (bicyclic) bond motifs is 1. The summed E-state index contributed by atoms with van der Waals surface area (Å²) in [7, 11) is 0. The Labute approximate surface area is 147 Å². The molecule has 1 aliphatic heterocycles. The van der Waals surface area contributed by atoms with E-state index in [2.05, 4.69) is 35.3 Å². The number of nitrogens with zero attached hydrogens (tertiary/aromatic N) is 2. The second-order valence-electron chi connectivity index (χ2n) is 6.85. The zero-order valence-electron chi connectivity index (χ0n) is 14.2. The Balaban J connectivity index is 1.31. The third-order valence-corrected chi connectivity index (χ3v) is 5.09. The molecule has 1 amide bonds. The Kier molecular flexibility index (Phi) is 4.51. The first-order valence-electron chi connectivity index (χ1n) is 8.92. The van der Waals surface area contributed by atoms with Gasteiger partial charge in [-0.05, 0) is 48.4 Å². The van der Waals surface area contributed by atoms with E-state index < -0.39 is 0 Å². The van der Waals surface area contributed by atoms with Crippen molar-refractivity contribution < 1.29 is 9.21 Å². The minimum absolute atomic E-state index is 0.206. The standard InChI is InChI=1S/C21H22N2O2/c24-21(14-18-6-7-19-20(13-18)25-15-22-19)23-10-8-17(9-11-23)12-16-4-2-1-3-5-16/h1-7,13,15,17H,8-12,14H2. The summed E-state index contributed by atoms with van der Waals surface area (Å²) in [4.78, 5) is 18.7. The number of carbonyl (C=O) groups excluding carboxylic acids is 1. The summed E-state index contributed by atoms with van der Waals surface area (Å²) in [5, 5.41) is 0. The van der Waals surface area contributed by atoms with E-state index in [1.807, 2.05) is 23.1 Å². The van der Waals surface area contributed by atoms with Crippen molar-refractivity contribution in [2.24, 2.45) is 5.92 Å². The van der Waals surface area contributed by atoms with Crippen LogP contribution in [0.3, 0.4) is 0 Å². The third kappa shape index (κ3) is 3.73. The molecule has 1 fully saturated rings. The summed E-state index contributed by atoms with van der Waals surface area (Å²) in [6.07, 6.45) is 5.16. The first-order chi connectivity index (χ1) is 12.3. The van der Waals surface area contributed by atoms with Gasteiger partial charge >= 0.3 is 0 Å². The molecule has 1 aromatic heterocycles. The third-order valence-electron chi connectivity index (χ3n) is 5.09. The SMILES string of the molecule is O=C(Cc1ccc2ncoc2c1)N1CCC(Cc2ccccc2)CC1. The van der Waals surface area contributed by atoms with Gasteiger partial charge in [0.15, 0.2) is 12.0 Å². The smallest absolute Gasteiger partial charge is 0.226 e. The molecule has 0 unspecified atom stereocenters. The first-order valence-corrected chi connectivity index (χ1v) is 8.92. The summed E-state index contributed by atoms with van der Waals surface area (Å²) >= 11 is 0. The number of rotatable bonds is 4. The monoisotopic (exact) mass is 334 g/mol. The highest BCUT2D eigenvalue weighted by atomic mass is 16.3. The van der Waals surface area contributed by atoms with Gasteiger partial charge in [-0.15, -0.1) is 0 Å². The molecule has 0 aliphatic carbocycles. The zero-order valence-corrected chi connectivity index (χ0v) is 14.2. The van der Waals surface area contributed by atoms with E-state index in [0.717, 1.165) is 49.0 Å². The van der Waals surface area contributed by atoms with Crippen LogP contribution < -0.4 is 0 Å². The molecule has 2 aromatic carbocycles. The van der Waals surface area contributed by atoms with Crippen molar-refractivity contribution in [1.82, 2.24) is 9.88 Å². The van der Waals surface area contributed by atoms with E-state index in [0.29, 0.717) is 12.3 Å². The van der Waals surface area contributed by atoms with Crippen molar-refractivity contribution in [2.45, 2.75) is 25.7 Å². The molecular weight excluding hydrogens is 312 g/mol. The highest BCUT2D eigenvalue weighted by molar-refractivity contribution is 5.81. The van der Waals surface area contributed by atoms with E-state index >= 15 is 0 Å². The van der Waals surface area contributed by atoms with Crippen molar-refractivity contribution in [3.05, 3.63) is 66.1 Å². The van der Waals surface area contributed by atoms with Crippen LogP contribution in [0.5, 0.6) is 0 Å². The lowest BCUT2D eigenvalue weighted by atomic mass is 9.90. The van der Waals surface area contributed by atoms with Crippen molar-refractivity contribution >= 4 is 17.0 Å². The molecule has 4 rings (SSSR count). The predicted octanol–water partition coefficient (Wildman–Crippen LogP) is 3.85. The summed E-state index contributed by atoms with van der Waals surface area (Å²) in [5.41, 5.74) is 3.96. The van der Waals surface area contributed by atoms with Gasteiger partial charge in [0.25, 0.3) is 0 Å². The van der Waals surface area contributed by atoms with Gasteiger partial charge in [-0.2, -0.15) is 0 Å². The van der Waals surface area contributed by atoms with Gasteiger partial charge in [-0.1, -0.05) is 36.4 Å². The van der Waals surface area contributed by atoms with Crippen LogP contribution in [0.2, 0.25) is 0 Å². The number of aromatic nitrogens is 1. The van der Waals surface area contributed by atoms with Gasteiger partial charge in [-0.3, -0.25) is 4.79 Å². The van der Waals surface area contributed by atoms with Gasteiger partial charge in [0.1, 0.15) is 5.52 Å². The molecule has 0 atom stereocenters. The van der Waals surface area contributed by atoms with Gasteiger partial charge < -0.3 is 9.32 Å². The largest absolute Gasteiger partial charge is 0.443 e. The number of hydrogen-bond acceptors (Lipinski definition) is 3. The molecule has 0 N–H and O–H groups in total. The summed E-state index contributed by atoms with van der Waals surface area (Å²) in [5.74, 6) is 0.883. The van der Waals surface area contributed by atoms with Gasteiger partial charge in [0.05, 0.1) is 6.42 Å². The van der Waals surface area contributed by atoms with Crippen LogP contribution in [0.25, 0.3) is 11.1 Å². The van der Waals surface area contributed by atoms with Crippen molar-refractivity contribution in [3.63, 3.8) is 0 Å². The Morgan fingerprint density at radius 1 is 1.08 bits per heavy atom. The molecule has 2 heterocycles. The van der Waals surface area contributed by atoms with Crippen LogP contribution in [0.4, 0.5) is 0 Å². The number of oxazole rings is 1. The number of benzene rings is 2. The van der Waals surface area contributed by atoms with Gasteiger partial charge in [0, 0.05) is 13.1 Å². The molecule has 0 radical (unpaired) electrons. The van der Waals surface area contributed by atoms with E-state index in [9.17, 15) is 4.79 Å². The number of carbonyl (C=O) groups is 1. The maximum atomic E-state index is 12.6. The first kappa shape index (κ1) is 15.9. The quantitative estimate of drug-likeness (QED) is 0.728. The molecule has 0 spiro atoms. The average Bonchev–Trinajstić information content (AvgIpc) is 3.11. The molecule has 128 valence electrons. The molecule has 1 saturated heterocycles. The van der Waals surface area contributed by atoms with Crippen LogP contribution >= 0.6 is 0 Å². The minimum atomic E-state index is 0.206. The fraction of sp³-hybridized carbons (Fsp3) is 0.333. The highest BCUT2D eigenvalue weighted by Crippen LogP contribution is 2.22. The molecule has 0 saturated carbocycles. The van der Waals surface area contributed by atoms with Crippen molar-refractivity contribution in [3.8, 4) is 0 Å². The number of hydrogen-bond donors (Lipinski definition) is 0. The number of likely N-dealkylation sites (tertiary alicyclic amines) is 1. The van der Waals surface area contributed by atoms with Crippen molar-refractivity contribution in [2.75, 3.05) is 13.1 Å². The highest BCUT2D eigenvalue weighted by Gasteiger charge is 2.23. The fourth-order valence-corrected chi connectivity index (χ4v) is 3.63. The van der Waals surface area contributed by atoms with Crippen LogP contribution in [0.15, 0.2) is 59.3 Å². The topological polar surface area (TPSA) is 46.3 Å². The molecule has 0 bridgehead atoms. The summed E-state index contributed by atoms with van der Waals surface area (Å²) in [6.45, 7) is 1.72. The second-order valence-corrected chi connectivity index (χ2v) is 6.85. The maximum Gasteiger partial charge on any atom is 0.226 e.